The Balaban J connectivity index is 2.11. The lowest BCUT2D eigenvalue weighted by molar-refractivity contribution is 0.454. The Kier molecular flexibility index (Phi) is 5.67. The molecule has 0 bridgehead atoms. The van der Waals surface area contributed by atoms with Crippen LogP contribution < -0.4 is 10.2 Å². The van der Waals surface area contributed by atoms with Crippen molar-refractivity contribution < 1.29 is 5.11 Å². The second-order valence-electron chi connectivity index (χ2n) is 5.14. The Morgan fingerprint density at radius 3 is 2.71 bits per heavy atom. The molecule has 2 aromatic rings. The maximum absolute atomic E-state index is 10.2. The summed E-state index contributed by atoms with van der Waals surface area (Å²) in [6.45, 7) is 5.83. The van der Waals surface area contributed by atoms with E-state index in [1.54, 1.807) is 11.3 Å². The molecular weight excluding hydrogens is 348 g/mol. The molecule has 1 aromatic carbocycles. The number of aromatic hydroxyl groups is 1. The number of rotatable bonds is 6. The first kappa shape index (κ1) is 16.3. The second-order valence-corrected chi connectivity index (χ2v) is 7.43. The molecule has 0 aliphatic carbocycles. The van der Waals surface area contributed by atoms with Crippen molar-refractivity contribution in [1.29, 1.82) is 0 Å². The maximum Gasteiger partial charge on any atom is 0.122 e. The Morgan fingerprint density at radius 1 is 1.38 bits per heavy atom. The zero-order chi connectivity index (χ0) is 15.4. The van der Waals surface area contributed by atoms with Gasteiger partial charge in [-0.05, 0) is 52.5 Å². The van der Waals surface area contributed by atoms with E-state index in [1.165, 1.54) is 5.56 Å². The van der Waals surface area contributed by atoms with E-state index in [2.05, 4.69) is 57.5 Å². The van der Waals surface area contributed by atoms with Gasteiger partial charge in [0.05, 0.1) is 3.79 Å². The first-order valence-corrected chi connectivity index (χ1v) is 8.69. The van der Waals surface area contributed by atoms with E-state index in [-0.39, 0.29) is 6.04 Å². The van der Waals surface area contributed by atoms with Gasteiger partial charge in [0.25, 0.3) is 0 Å². The first-order chi connectivity index (χ1) is 10.0. The van der Waals surface area contributed by atoms with Crippen LogP contribution in [0.15, 0.2) is 33.4 Å². The summed E-state index contributed by atoms with van der Waals surface area (Å²) in [5, 5.41) is 15.7. The molecule has 0 fully saturated rings. The van der Waals surface area contributed by atoms with E-state index in [1.807, 2.05) is 19.2 Å². The smallest absolute Gasteiger partial charge is 0.122 e. The number of anilines is 1. The van der Waals surface area contributed by atoms with Gasteiger partial charge in [0.1, 0.15) is 5.75 Å². The molecular formula is C16H21BrN2OS. The summed E-state index contributed by atoms with van der Waals surface area (Å²) in [6, 6.07) is 8.18. The van der Waals surface area contributed by atoms with Crippen LogP contribution in [0, 0.1) is 0 Å². The minimum Gasteiger partial charge on any atom is -0.508 e. The van der Waals surface area contributed by atoms with Gasteiger partial charge in [-0.15, -0.1) is 11.3 Å². The topological polar surface area (TPSA) is 35.5 Å². The Hall–Kier alpha value is -1.04. The third-order valence-corrected chi connectivity index (χ3v) is 5.03. The summed E-state index contributed by atoms with van der Waals surface area (Å²) in [7, 11) is 2.04. The molecule has 0 spiro atoms. The Morgan fingerprint density at radius 2 is 2.14 bits per heavy atom. The molecule has 0 saturated heterocycles. The molecule has 1 atom stereocenters. The lowest BCUT2D eigenvalue weighted by Gasteiger charge is -2.21. The van der Waals surface area contributed by atoms with Crippen LogP contribution in [0.3, 0.4) is 0 Å². The fraction of sp³-hybridized carbons (Fsp3) is 0.375. The minimum absolute atomic E-state index is 0.155. The first-order valence-electron chi connectivity index (χ1n) is 7.01. The Labute approximate surface area is 138 Å². The molecule has 2 N–H and O–H groups in total. The Bertz CT molecular complexity index is 600. The van der Waals surface area contributed by atoms with Gasteiger partial charge in [-0.2, -0.15) is 0 Å². The fourth-order valence-electron chi connectivity index (χ4n) is 2.35. The third kappa shape index (κ3) is 4.22. The van der Waals surface area contributed by atoms with Crippen molar-refractivity contribution in [3.8, 4) is 5.75 Å². The molecule has 0 aliphatic heterocycles. The summed E-state index contributed by atoms with van der Waals surface area (Å²) in [5.74, 6) is 0.347. The maximum atomic E-state index is 10.2. The van der Waals surface area contributed by atoms with E-state index in [4.69, 9.17) is 0 Å². The van der Waals surface area contributed by atoms with Gasteiger partial charge >= 0.3 is 0 Å². The highest BCUT2D eigenvalue weighted by atomic mass is 79.9. The van der Waals surface area contributed by atoms with Gasteiger partial charge in [-0.3, -0.25) is 0 Å². The predicted octanol–water partition coefficient (Wildman–Crippen LogP) is 4.52. The van der Waals surface area contributed by atoms with Crippen molar-refractivity contribution in [2.45, 2.75) is 26.4 Å². The van der Waals surface area contributed by atoms with Crippen LogP contribution in [-0.2, 0) is 6.54 Å². The zero-order valence-electron chi connectivity index (χ0n) is 12.6. The molecule has 1 unspecified atom stereocenters. The van der Waals surface area contributed by atoms with Crippen LogP contribution in [0.2, 0.25) is 0 Å². The number of hydrogen-bond acceptors (Lipinski definition) is 4. The van der Waals surface area contributed by atoms with Crippen LogP contribution in [-0.4, -0.2) is 18.7 Å². The molecule has 0 radical (unpaired) electrons. The normalized spacial score (nSPS) is 12.4. The van der Waals surface area contributed by atoms with Gasteiger partial charge in [0.2, 0.25) is 0 Å². The number of phenols is 1. The third-order valence-electron chi connectivity index (χ3n) is 3.47. The average molecular weight is 369 g/mol. The van der Waals surface area contributed by atoms with E-state index < -0.39 is 0 Å². The van der Waals surface area contributed by atoms with Crippen molar-refractivity contribution in [3.63, 3.8) is 0 Å². The lowest BCUT2D eigenvalue weighted by Crippen LogP contribution is -2.19. The molecule has 1 aromatic heterocycles. The van der Waals surface area contributed by atoms with Crippen LogP contribution in [0.4, 0.5) is 5.69 Å². The largest absolute Gasteiger partial charge is 0.508 e. The van der Waals surface area contributed by atoms with Gasteiger partial charge < -0.3 is 15.3 Å². The molecule has 0 saturated carbocycles. The SMILES string of the molecule is CCNC(C)c1ccc(N(C)Cc2csc(Br)c2)cc1O. The van der Waals surface area contributed by atoms with Crippen molar-refractivity contribution in [2.75, 3.05) is 18.5 Å². The van der Waals surface area contributed by atoms with Crippen LogP contribution in [0.25, 0.3) is 0 Å². The highest BCUT2D eigenvalue weighted by molar-refractivity contribution is 9.11. The van der Waals surface area contributed by atoms with E-state index in [0.717, 1.165) is 28.1 Å². The quantitative estimate of drug-likeness (QED) is 0.786. The van der Waals surface area contributed by atoms with Crippen molar-refractivity contribution in [2.24, 2.45) is 0 Å². The summed E-state index contributed by atoms with van der Waals surface area (Å²) >= 11 is 5.17. The molecule has 3 nitrogen and oxygen atoms in total. The van der Waals surface area contributed by atoms with Gasteiger partial charge in [0.15, 0.2) is 0 Å². The predicted molar refractivity (Wildman–Crippen MR) is 94.3 cm³/mol. The van der Waals surface area contributed by atoms with Crippen LogP contribution in [0.5, 0.6) is 5.75 Å². The molecule has 0 amide bonds. The molecule has 5 heteroatoms. The molecule has 21 heavy (non-hydrogen) atoms. The number of benzene rings is 1. The lowest BCUT2D eigenvalue weighted by atomic mass is 10.1. The van der Waals surface area contributed by atoms with E-state index in [9.17, 15) is 5.11 Å². The van der Waals surface area contributed by atoms with Gasteiger partial charge in [0, 0.05) is 37.0 Å². The van der Waals surface area contributed by atoms with E-state index in [0.29, 0.717) is 5.75 Å². The highest BCUT2D eigenvalue weighted by Crippen LogP contribution is 2.30. The zero-order valence-corrected chi connectivity index (χ0v) is 15.0. The number of thiophene rings is 1. The molecule has 2 rings (SSSR count). The van der Waals surface area contributed by atoms with Crippen LogP contribution in [0.1, 0.15) is 31.0 Å². The van der Waals surface area contributed by atoms with Gasteiger partial charge in [-0.25, -0.2) is 0 Å². The molecule has 1 heterocycles. The number of halogens is 1. The summed E-state index contributed by atoms with van der Waals surface area (Å²) < 4.78 is 1.14. The average Bonchev–Trinajstić information content (AvgIpc) is 2.84. The molecule has 114 valence electrons. The van der Waals surface area contributed by atoms with Crippen LogP contribution >= 0.6 is 27.3 Å². The fourth-order valence-corrected chi connectivity index (χ4v) is 3.55. The standard InChI is InChI=1S/C16H21BrN2OS/c1-4-18-11(2)14-6-5-13(8-15(14)20)19(3)9-12-7-16(17)21-10-12/h5-8,10-11,18,20H,4,9H2,1-3H3. The monoisotopic (exact) mass is 368 g/mol. The van der Waals surface area contributed by atoms with Crippen molar-refractivity contribution in [1.82, 2.24) is 5.32 Å². The number of phenolic OH excluding ortho intramolecular Hbond substituents is 1. The number of hydrogen-bond donors (Lipinski definition) is 2. The number of nitrogens with one attached hydrogen (secondary N) is 1. The van der Waals surface area contributed by atoms with Gasteiger partial charge in [-0.1, -0.05) is 13.0 Å². The molecule has 0 aliphatic rings. The highest BCUT2D eigenvalue weighted by Gasteiger charge is 2.11. The summed E-state index contributed by atoms with van der Waals surface area (Å²) in [6.07, 6.45) is 0. The summed E-state index contributed by atoms with van der Waals surface area (Å²) in [5.41, 5.74) is 3.22. The minimum atomic E-state index is 0.155. The summed E-state index contributed by atoms with van der Waals surface area (Å²) in [4.78, 5) is 2.13. The van der Waals surface area contributed by atoms with E-state index >= 15 is 0 Å². The second kappa shape index (κ2) is 7.29. The number of nitrogens with zero attached hydrogens (tertiary/aromatic N) is 1. The van der Waals surface area contributed by atoms with Crippen molar-refractivity contribution >= 4 is 33.0 Å². The van der Waals surface area contributed by atoms with Crippen molar-refractivity contribution in [3.05, 3.63) is 44.6 Å².